The lowest BCUT2D eigenvalue weighted by Crippen LogP contribution is -2.29. The van der Waals surface area contributed by atoms with Gasteiger partial charge in [0.25, 0.3) is 5.91 Å². The summed E-state index contributed by atoms with van der Waals surface area (Å²) in [5, 5.41) is 0.663. The van der Waals surface area contributed by atoms with Crippen LogP contribution < -0.4 is 9.47 Å². The average Bonchev–Trinajstić information content (AvgIpc) is 3.06. The van der Waals surface area contributed by atoms with Gasteiger partial charge in [-0.05, 0) is 70.7 Å². The summed E-state index contributed by atoms with van der Waals surface area (Å²) in [6, 6.07) is 11.1. The van der Waals surface area contributed by atoms with E-state index in [9.17, 15) is 9.59 Å². The number of hydrogen-bond donors (Lipinski definition) is 0. The van der Waals surface area contributed by atoms with Gasteiger partial charge in [-0.15, -0.1) is 0 Å². The minimum atomic E-state index is -0.279. The number of thioether (sulfide) groups is 1. The molecule has 0 aromatic heterocycles. The SMILES string of the molecule is CCOC(=O)CCCN1C(=O)/C(=C/c2cc(Br)c(OCc3ccc(Cl)cc3)c(OC)c2)SC1=S. The van der Waals surface area contributed by atoms with Crippen LogP contribution in [0.3, 0.4) is 0 Å². The summed E-state index contributed by atoms with van der Waals surface area (Å²) < 4.78 is 17.6. The molecule has 0 radical (unpaired) electrons. The molecule has 1 aliphatic rings. The minimum absolute atomic E-state index is 0.183. The van der Waals surface area contributed by atoms with Gasteiger partial charge in [-0.2, -0.15) is 0 Å². The van der Waals surface area contributed by atoms with Crippen LogP contribution in [0, 0.1) is 0 Å². The second kappa shape index (κ2) is 12.6. The number of rotatable bonds is 10. The van der Waals surface area contributed by atoms with Crippen LogP contribution in [0.5, 0.6) is 11.5 Å². The van der Waals surface area contributed by atoms with Crippen molar-refractivity contribution in [1.82, 2.24) is 4.90 Å². The number of methoxy groups -OCH3 is 1. The molecule has 1 aliphatic heterocycles. The summed E-state index contributed by atoms with van der Waals surface area (Å²) in [6.07, 6.45) is 2.49. The van der Waals surface area contributed by atoms with E-state index in [1.807, 2.05) is 30.3 Å². The van der Waals surface area contributed by atoms with Crippen molar-refractivity contribution in [2.45, 2.75) is 26.4 Å². The first-order valence-corrected chi connectivity index (χ1v) is 12.9. The topological polar surface area (TPSA) is 65.1 Å². The monoisotopic (exact) mass is 583 g/mol. The Kier molecular flexibility index (Phi) is 9.82. The fraction of sp³-hybridized carbons (Fsp3) is 0.292. The molecule has 1 saturated heterocycles. The second-order valence-corrected chi connectivity index (χ2v) is 10.2. The molecule has 34 heavy (non-hydrogen) atoms. The number of halogens is 2. The van der Waals surface area contributed by atoms with Crippen LogP contribution in [0.15, 0.2) is 45.8 Å². The van der Waals surface area contributed by atoms with Crippen molar-refractivity contribution < 1.29 is 23.8 Å². The van der Waals surface area contributed by atoms with Gasteiger partial charge >= 0.3 is 5.97 Å². The Morgan fingerprint density at radius 1 is 1.26 bits per heavy atom. The third kappa shape index (κ3) is 6.97. The molecule has 0 aliphatic carbocycles. The summed E-state index contributed by atoms with van der Waals surface area (Å²) in [5.41, 5.74) is 1.73. The van der Waals surface area contributed by atoms with Crippen LogP contribution in [0.1, 0.15) is 30.9 Å². The molecule has 2 aromatic carbocycles. The van der Waals surface area contributed by atoms with Gasteiger partial charge in [-0.1, -0.05) is 47.7 Å². The molecule has 0 bridgehead atoms. The molecule has 0 spiro atoms. The molecule has 10 heteroatoms. The van der Waals surface area contributed by atoms with Crippen molar-refractivity contribution in [3.63, 3.8) is 0 Å². The van der Waals surface area contributed by atoms with Crippen molar-refractivity contribution in [2.75, 3.05) is 20.3 Å². The third-order valence-corrected chi connectivity index (χ3v) is 7.01. The number of amides is 1. The highest BCUT2D eigenvalue weighted by molar-refractivity contribution is 9.10. The van der Waals surface area contributed by atoms with Crippen LogP contribution in [-0.2, 0) is 20.9 Å². The summed E-state index contributed by atoms with van der Waals surface area (Å²) in [5.74, 6) is 0.622. The third-order valence-electron chi connectivity index (χ3n) is 4.79. The number of esters is 1. The van der Waals surface area contributed by atoms with Crippen LogP contribution in [0.4, 0.5) is 0 Å². The summed E-state index contributed by atoms with van der Waals surface area (Å²) >= 11 is 16.1. The Hall–Kier alpha value is -2.07. The molecule has 1 fully saturated rings. The highest BCUT2D eigenvalue weighted by atomic mass is 79.9. The number of hydrogen-bond acceptors (Lipinski definition) is 7. The maximum atomic E-state index is 12.9. The highest BCUT2D eigenvalue weighted by Gasteiger charge is 2.31. The normalized spacial score (nSPS) is 14.6. The van der Waals surface area contributed by atoms with Crippen molar-refractivity contribution in [1.29, 1.82) is 0 Å². The lowest BCUT2D eigenvalue weighted by atomic mass is 10.1. The first-order chi connectivity index (χ1) is 16.3. The smallest absolute Gasteiger partial charge is 0.305 e. The molecule has 1 amide bonds. The van der Waals surface area contributed by atoms with Crippen LogP contribution in [-0.4, -0.2) is 41.4 Å². The van der Waals surface area contributed by atoms with Crippen LogP contribution in [0.2, 0.25) is 5.02 Å². The Morgan fingerprint density at radius 2 is 2.00 bits per heavy atom. The van der Waals surface area contributed by atoms with Crippen molar-refractivity contribution in [2.24, 2.45) is 0 Å². The van der Waals surface area contributed by atoms with Gasteiger partial charge in [0, 0.05) is 18.0 Å². The molecule has 0 atom stereocenters. The van der Waals surface area contributed by atoms with E-state index in [-0.39, 0.29) is 18.3 Å². The molecule has 3 rings (SSSR count). The molecule has 0 N–H and O–H groups in total. The fourth-order valence-corrected chi connectivity index (χ4v) is 5.17. The van der Waals surface area contributed by atoms with Crippen molar-refractivity contribution in [3.8, 4) is 11.5 Å². The van der Waals surface area contributed by atoms with Gasteiger partial charge in [-0.3, -0.25) is 14.5 Å². The fourth-order valence-electron chi connectivity index (χ4n) is 3.16. The standard InChI is InChI=1S/C24H23BrClNO5S2/c1-3-31-21(28)5-4-10-27-23(29)20(34-24(27)33)13-16-11-18(25)22(19(12-16)30-2)32-14-15-6-8-17(26)9-7-15/h6-9,11-13H,3-5,10,14H2,1-2H3/b20-13-. The first-order valence-electron chi connectivity index (χ1n) is 10.5. The van der Waals surface area contributed by atoms with Crippen LogP contribution in [0.25, 0.3) is 6.08 Å². The first kappa shape index (κ1) is 26.5. The minimum Gasteiger partial charge on any atom is -0.493 e. The molecule has 0 unspecified atom stereocenters. The molecule has 2 aromatic rings. The van der Waals surface area contributed by atoms with E-state index in [2.05, 4.69) is 15.9 Å². The number of thiocarbonyl (C=S) groups is 1. The largest absolute Gasteiger partial charge is 0.493 e. The maximum absolute atomic E-state index is 12.9. The van der Waals surface area contributed by atoms with Crippen molar-refractivity contribution in [3.05, 3.63) is 61.9 Å². The number of benzene rings is 2. The second-order valence-electron chi connectivity index (χ2n) is 7.19. The molecular weight excluding hydrogens is 562 g/mol. The quantitative estimate of drug-likeness (QED) is 0.186. The zero-order valence-electron chi connectivity index (χ0n) is 18.6. The molecule has 1 heterocycles. The van der Waals surface area contributed by atoms with E-state index >= 15 is 0 Å². The molecule has 180 valence electrons. The van der Waals surface area contributed by atoms with Gasteiger partial charge in [0.1, 0.15) is 10.9 Å². The van der Waals surface area contributed by atoms with E-state index < -0.39 is 0 Å². The Bertz CT molecular complexity index is 1110. The van der Waals surface area contributed by atoms with Gasteiger partial charge in [-0.25, -0.2) is 0 Å². The van der Waals surface area contributed by atoms with E-state index in [0.717, 1.165) is 11.1 Å². The van der Waals surface area contributed by atoms with E-state index in [1.165, 1.54) is 16.7 Å². The zero-order chi connectivity index (χ0) is 24.7. The van der Waals surface area contributed by atoms with Crippen LogP contribution >= 0.6 is 51.5 Å². The number of nitrogens with zero attached hydrogens (tertiary/aromatic N) is 1. The lowest BCUT2D eigenvalue weighted by molar-refractivity contribution is -0.143. The lowest BCUT2D eigenvalue weighted by Gasteiger charge is -2.14. The number of carbonyl (C=O) groups is 2. The predicted octanol–water partition coefficient (Wildman–Crippen LogP) is 6.23. The molecule has 0 saturated carbocycles. The predicted molar refractivity (Wildman–Crippen MR) is 142 cm³/mol. The van der Waals surface area contributed by atoms with E-state index in [0.29, 0.717) is 56.4 Å². The van der Waals surface area contributed by atoms with Gasteiger partial charge in [0.15, 0.2) is 11.5 Å². The Balaban J connectivity index is 1.70. The van der Waals surface area contributed by atoms with Gasteiger partial charge in [0.2, 0.25) is 0 Å². The Labute approximate surface area is 221 Å². The van der Waals surface area contributed by atoms with E-state index in [1.54, 1.807) is 26.2 Å². The molecule has 6 nitrogen and oxygen atoms in total. The van der Waals surface area contributed by atoms with E-state index in [4.69, 9.17) is 38.0 Å². The number of ether oxygens (including phenoxy) is 3. The Morgan fingerprint density at radius 3 is 2.68 bits per heavy atom. The van der Waals surface area contributed by atoms with Gasteiger partial charge < -0.3 is 14.2 Å². The summed E-state index contributed by atoms with van der Waals surface area (Å²) in [4.78, 5) is 26.4. The summed E-state index contributed by atoms with van der Waals surface area (Å²) in [6.45, 7) is 2.81. The average molecular weight is 585 g/mol. The number of carbonyl (C=O) groups excluding carboxylic acids is 2. The molecular formula is C24H23BrClNO5S2. The van der Waals surface area contributed by atoms with Crippen molar-refractivity contribution >= 4 is 73.8 Å². The highest BCUT2D eigenvalue weighted by Crippen LogP contribution is 2.39. The zero-order valence-corrected chi connectivity index (χ0v) is 22.6. The summed E-state index contributed by atoms with van der Waals surface area (Å²) in [7, 11) is 1.56. The maximum Gasteiger partial charge on any atom is 0.305 e. The van der Waals surface area contributed by atoms with Gasteiger partial charge in [0.05, 0.1) is 23.1 Å².